The van der Waals surface area contributed by atoms with Gasteiger partial charge in [0.15, 0.2) is 0 Å². The maximum absolute atomic E-state index is 11.5. The van der Waals surface area contributed by atoms with E-state index in [9.17, 15) is 9.90 Å². The van der Waals surface area contributed by atoms with Crippen molar-refractivity contribution in [3.63, 3.8) is 0 Å². The summed E-state index contributed by atoms with van der Waals surface area (Å²) in [6.45, 7) is 1.85. The molecule has 152 valence electrons. The molecule has 2 rings (SSSR count). The third kappa shape index (κ3) is 7.48. The number of amides is 1. The van der Waals surface area contributed by atoms with E-state index in [0.29, 0.717) is 25.7 Å². The van der Waals surface area contributed by atoms with Crippen molar-refractivity contribution < 1.29 is 14.6 Å². The molecule has 0 bridgehead atoms. The largest absolute Gasteiger partial charge is 0.491 e. The van der Waals surface area contributed by atoms with E-state index in [1.165, 1.54) is 32.1 Å². The lowest BCUT2D eigenvalue weighted by molar-refractivity contribution is -0.121. The number of nitrogens with one attached hydrogen (secondary N) is 1. The van der Waals surface area contributed by atoms with Crippen LogP contribution in [0.3, 0.4) is 0 Å². The van der Waals surface area contributed by atoms with E-state index in [2.05, 4.69) is 17.3 Å². The molecule has 1 unspecified atom stereocenters. The van der Waals surface area contributed by atoms with Crippen molar-refractivity contribution in [2.75, 3.05) is 40.8 Å². The average Bonchev–Trinajstić information content (AvgIpc) is 2.67. The Bertz CT molecular complexity index is 576. The summed E-state index contributed by atoms with van der Waals surface area (Å²) in [5.41, 5.74) is 1.01. The number of hydrogen-bond acceptors (Lipinski definition) is 5. The van der Waals surface area contributed by atoms with Gasteiger partial charge in [0, 0.05) is 31.7 Å². The highest BCUT2D eigenvalue weighted by Crippen LogP contribution is 2.22. The number of aliphatic hydroxyl groups is 1. The summed E-state index contributed by atoms with van der Waals surface area (Å²) in [5.74, 6) is 0.748. The van der Waals surface area contributed by atoms with Crippen molar-refractivity contribution in [3.05, 3.63) is 29.8 Å². The summed E-state index contributed by atoms with van der Waals surface area (Å²) in [6, 6.07) is 8.39. The van der Waals surface area contributed by atoms with Gasteiger partial charge in [0.05, 0.1) is 6.54 Å². The zero-order valence-electron chi connectivity index (χ0n) is 17.0. The first-order valence-electron chi connectivity index (χ1n) is 9.97. The molecule has 27 heavy (non-hydrogen) atoms. The Morgan fingerprint density at radius 3 is 2.67 bits per heavy atom. The number of aliphatic hydroxyl groups excluding tert-OH is 1. The van der Waals surface area contributed by atoms with Gasteiger partial charge in [0.2, 0.25) is 5.91 Å². The number of carbonyl (C=O) groups excluding carboxylic acids is 1. The van der Waals surface area contributed by atoms with Crippen LogP contribution in [0, 0.1) is 0 Å². The lowest BCUT2D eigenvalue weighted by Gasteiger charge is -2.32. The number of benzene rings is 1. The first-order chi connectivity index (χ1) is 13.0. The van der Waals surface area contributed by atoms with Gasteiger partial charge in [-0.15, -0.1) is 0 Å². The molecule has 0 aliphatic heterocycles. The van der Waals surface area contributed by atoms with E-state index in [1.807, 2.05) is 36.2 Å². The van der Waals surface area contributed by atoms with Crippen LogP contribution in [0.2, 0.25) is 0 Å². The molecular weight excluding hydrogens is 342 g/mol. The van der Waals surface area contributed by atoms with Crippen molar-refractivity contribution >= 4 is 5.91 Å². The Balaban J connectivity index is 1.83. The van der Waals surface area contributed by atoms with Gasteiger partial charge in [-0.3, -0.25) is 9.69 Å². The topological polar surface area (TPSA) is 65.0 Å². The fraction of sp³-hybridized carbons (Fsp3) is 0.667. The molecule has 0 radical (unpaired) electrons. The molecule has 2 N–H and O–H groups in total. The quantitative estimate of drug-likeness (QED) is 0.652. The molecule has 6 heteroatoms. The molecule has 1 saturated carbocycles. The average molecular weight is 378 g/mol. The summed E-state index contributed by atoms with van der Waals surface area (Å²) >= 11 is 0. The van der Waals surface area contributed by atoms with Gasteiger partial charge in [-0.1, -0.05) is 37.5 Å². The summed E-state index contributed by atoms with van der Waals surface area (Å²) < 4.78 is 5.92. The van der Waals surface area contributed by atoms with Crippen molar-refractivity contribution in [2.45, 2.75) is 50.8 Å². The molecule has 0 heterocycles. The lowest BCUT2D eigenvalue weighted by atomic mass is 9.94. The van der Waals surface area contributed by atoms with Crippen LogP contribution in [0.4, 0.5) is 0 Å². The maximum Gasteiger partial charge on any atom is 0.233 e. The van der Waals surface area contributed by atoms with Gasteiger partial charge in [-0.05, 0) is 33.0 Å². The third-order valence-electron chi connectivity index (χ3n) is 5.23. The Morgan fingerprint density at radius 2 is 1.96 bits per heavy atom. The minimum absolute atomic E-state index is 0.0166. The van der Waals surface area contributed by atoms with Crippen LogP contribution in [0.15, 0.2) is 24.3 Å². The van der Waals surface area contributed by atoms with Gasteiger partial charge < -0.3 is 20.1 Å². The lowest BCUT2D eigenvalue weighted by Crippen LogP contribution is -2.40. The van der Waals surface area contributed by atoms with Crippen LogP contribution in [0.25, 0.3) is 0 Å². The summed E-state index contributed by atoms with van der Waals surface area (Å²) in [6.07, 6.45) is 5.85. The van der Waals surface area contributed by atoms with E-state index in [4.69, 9.17) is 4.74 Å². The van der Waals surface area contributed by atoms with Gasteiger partial charge >= 0.3 is 0 Å². The second-order valence-corrected chi connectivity index (χ2v) is 7.65. The zero-order valence-corrected chi connectivity index (χ0v) is 17.0. The predicted molar refractivity (Wildman–Crippen MR) is 108 cm³/mol. The highest BCUT2D eigenvalue weighted by atomic mass is 16.5. The first-order valence-corrected chi connectivity index (χ1v) is 9.97. The minimum atomic E-state index is -0.520. The predicted octanol–water partition coefficient (Wildman–Crippen LogP) is 1.87. The standard InChI is InChI=1S/C21H35N3O3/c1-22-21(26)15-23(2)13-17-9-7-8-12-20(17)27-16-19(25)14-24(3)18-10-5-4-6-11-18/h7-9,12,18-19,25H,4-6,10-11,13-16H2,1-3H3,(H,22,26). The van der Waals surface area contributed by atoms with E-state index in [0.717, 1.165) is 11.3 Å². The van der Waals surface area contributed by atoms with Gasteiger partial charge in [0.25, 0.3) is 0 Å². The van der Waals surface area contributed by atoms with Crippen molar-refractivity contribution in [3.8, 4) is 5.75 Å². The smallest absolute Gasteiger partial charge is 0.233 e. The highest BCUT2D eigenvalue weighted by Gasteiger charge is 2.20. The van der Waals surface area contributed by atoms with Crippen LogP contribution in [0.1, 0.15) is 37.7 Å². The second-order valence-electron chi connectivity index (χ2n) is 7.65. The second kappa shape index (κ2) is 11.3. The Morgan fingerprint density at radius 1 is 1.26 bits per heavy atom. The fourth-order valence-corrected chi connectivity index (χ4v) is 3.69. The van der Waals surface area contributed by atoms with Crippen molar-refractivity contribution in [1.82, 2.24) is 15.1 Å². The molecular formula is C21H35N3O3. The first kappa shape index (κ1) is 21.7. The van der Waals surface area contributed by atoms with Crippen molar-refractivity contribution in [2.24, 2.45) is 0 Å². The molecule has 0 aromatic heterocycles. The molecule has 1 aliphatic carbocycles. The molecule has 0 saturated heterocycles. The summed E-state index contributed by atoms with van der Waals surface area (Å²) in [5, 5.41) is 13.0. The number of nitrogens with zero attached hydrogens (tertiary/aromatic N) is 2. The fourth-order valence-electron chi connectivity index (χ4n) is 3.69. The number of carbonyl (C=O) groups is 1. The van der Waals surface area contributed by atoms with Crippen LogP contribution in [-0.4, -0.2) is 73.8 Å². The molecule has 1 atom stereocenters. The van der Waals surface area contributed by atoms with Crippen LogP contribution in [-0.2, 0) is 11.3 Å². The van der Waals surface area contributed by atoms with Crippen LogP contribution >= 0.6 is 0 Å². The van der Waals surface area contributed by atoms with E-state index in [-0.39, 0.29) is 12.5 Å². The normalized spacial score (nSPS) is 16.5. The monoisotopic (exact) mass is 377 g/mol. The molecule has 1 amide bonds. The van der Waals surface area contributed by atoms with E-state index < -0.39 is 6.10 Å². The summed E-state index contributed by atoms with van der Waals surface area (Å²) in [7, 11) is 5.64. The Kier molecular flexibility index (Phi) is 9.04. The highest BCUT2D eigenvalue weighted by molar-refractivity contribution is 5.77. The Labute approximate surface area is 163 Å². The minimum Gasteiger partial charge on any atom is -0.491 e. The van der Waals surface area contributed by atoms with E-state index >= 15 is 0 Å². The zero-order chi connectivity index (χ0) is 19.6. The van der Waals surface area contributed by atoms with Crippen LogP contribution in [0.5, 0.6) is 5.75 Å². The van der Waals surface area contributed by atoms with E-state index in [1.54, 1.807) is 7.05 Å². The summed E-state index contributed by atoms with van der Waals surface area (Å²) in [4.78, 5) is 15.7. The molecule has 1 aromatic rings. The van der Waals surface area contributed by atoms with Gasteiger partial charge in [0.1, 0.15) is 18.5 Å². The maximum atomic E-state index is 11.5. The van der Waals surface area contributed by atoms with Crippen molar-refractivity contribution in [1.29, 1.82) is 0 Å². The van der Waals surface area contributed by atoms with Gasteiger partial charge in [-0.25, -0.2) is 0 Å². The third-order valence-corrected chi connectivity index (χ3v) is 5.23. The molecule has 1 fully saturated rings. The number of likely N-dealkylation sites (N-methyl/N-ethyl adjacent to an activating group) is 3. The Hall–Kier alpha value is -1.63. The SMILES string of the molecule is CNC(=O)CN(C)Cc1ccccc1OCC(O)CN(C)C1CCCCC1. The van der Waals surface area contributed by atoms with Gasteiger partial charge in [-0.2, -0.15) is 0 Å². The number of hydrogen-bond donors (Lipinski definition) is 2. The van der Waals surface area contributed by atoms with Crippen LogP contribution < -0.4 is 10.1 Å². The number of para-hydroxylation sites is 1. The number of rotatable bonds is 10. The molecule has 1 aromatic carbocycles. The molecule has 1 aliphatic rings. The molecule has 0 spiro atoms. The molecule has 6 nitrogen and oxygen atoms in total. The number of ether oxygens (including phenoxy) is 1.